The molecule has 0 bridgehead atoms. The highest BCUT2D eigenvalue weighted by atomic mass is 19.4. The molecule has 3 aromatic rings. The van der Waals surface area contributed by atoms with Crippen molar-refractivity contribution in [2.75, 3.05) is 5.32 Å². The quantitative estimate of drug-likeness (QED) is 0.786. The topological polar surface area (TPSA) is 94.0 Å². The van der Waals surface area contributed by atoms with Gasteiger partial charge in [0, 0.05) is 6.92 Å². The maximum absolute atomic E-state index is 12.9. The van der Waals surface area contributed by atoms with Crippen molar-refractivity contribution in [3.8, 4) is 0 Å². The van der Waals surface area contributed by atoms with Crippen molar-refractivity contribution >= 4 is 11.5 Å². The Morgan fingerprint density at radius 2 is 2.09 bits per heavy atom. The lowest BCUT2D eigenvalue weighted by molar-refractivity contribution is -0.146. The van der Waals surface area contributed by atoms with Crippen molar-refractivity contribution in [2.24, 2.45) is 0 Å². The first kappa shape index (κ1) is 15.2. The van der Waals surface area contributed by atoms with E-state index < -0.39 is 12.0 Å². The normalized spacial score (nSPS) is 13.4. The maximum atomic E-state index is 12.9. The third-order valence-electron chi connectivity index (χ3n) is 3.10. The maximum Gasteiger partial charge on any atom is 0.453 e. The van der Waals surface area contributed by atoms with Gasteiger partial charge < -0.3 is 9.84 Å². The molecule has 11 heteroatoms. The molecule has 0 spiro atoms. The van der Waals surface area contributed by atoms with Crippen LogP contribution in [-0.4, -0.2) is 30.0 Å². The second-order valence-corrected chi connectivity index (χ2v) is 4.79. The first-order valence-corrected chi connectivity index (χ1v) is 6.75. The van der Waals surface area contributed by atoms with E-state index in [1.165, 1.54) is 12.1 Å². The number of alkyl halides is 3. The average Bonchev–Trinajstić information content (AvgIpc) is 3.09. The molecule has 1 atom stereocenters. The van der Waals surface area contributed by atoms with E-state index in [0.717, 1.165) is 0 Å². The summed E-state index contributed by atoms with van der Waals surface area (Å²) in [4.78, 5) is 4.11. The molecular formula is C12H12F3N7O. The molecule has 0 radical (unpaired) electrons. The molecule has 3 aromatic heterocycles. The SMILES string of the molecule is CCC(Nc1ccc2nnc(C(F)(F)F)n2n1)c1noc(C)n1. The number of aromatic nitrogens is 6. The Morgan fingerprint density at radius 3 is 2.70 bits per heavy atom. The van der Waals surface area contributed by atoms with E-state index in [9.17, 15) is 13.2 Å². The lowest BCUT2D eigenvalue weighted by Gasteiger charge is -2.13. The van der Waals surface area contributed by atoms with Gasteiger partial charge in [-0.2, -0.15) is 22.7 Å². The number of anilines is 1. The summed E-state index contributed by atoms with van der Waals surface area (Å²) >= 11 is 0. The summed E-state index contributed by atoms with van der Waals surface area (Å²) in [5.41, 5.74) is 0.00586. The van der Waals surface area contributed by atoms with Gasteiger partial charge in [0.1, 0.15) is 5.82 Å². The molecular weight excluding hydrogens is 315 g/mol. The minimum Gasteiger partial charge on any atom is -0.358 e. The Kier molecular flexibility index (Phi) is 3.62. The zero-order valence-corrected chi connectivity index (χ0v) is 12.2. The van der Waals surface area contributed by atoms with Crippen LogP contribution in [0.1, 0.15) is 36.9 Å². The number of aryl methyl sites for hydroxylation is 1. The molecule has 0 aliphatic carbocycles. The minimum atomic E-state index is -4.64. The van der Waals surface area contributed by atoms with Crippen LogP contribution < -0.4 is 5.32 Å². The van der Waals surface area contributed by atoms with Crippen LogP contribution in [0.3, 0.4) is 0 Å². The van der Waals surface area contributed by atoms with Crippen LogP contribution in [0.2, 0.25) is 0 Å². The summed E-state index contributed by atoms with van der Waals surface area (Å²) in [5, 5.41) is 17.3. The van der Waals surface area contributed by atoms with Gasteiger partial charge in [-0.1, -0.05) is 12.1 Å². The van der Waals surface area contributed by atoms with Gasteiger partial charge in [-0.25, -0.2) is 0 Å². The largest absolute Gasteiger partial charge is 0.453 e. The van der Waals surface area contributed by atoms with Gasteiger partial charge in [0.25, 0.3) is 5.82 Å². The van der Waals surface area contributed by atoms with Gasteiger partial charge in [0.2, 0.25) is 5.89 Å². The fourth-order valence-electron chi connectivity index (χ4n) is 2.03. The van der Waals surface area contributed by atoms with E-state index >= 15 is 0 Å². The molecule has 0 fully saturated rings. The van der Waals surface area contributed by atoms with Crippen molar-refractivity contribution < 1.29 is 17.7 Å². The zero-order valence-electron chi connectivity index (χ0n) is 12.2. The summed E-state index contributed by atoms with van der Waals surface area (Å²) in [5.74, 6) is -0.148. The van der Waals surface area contributed by atoms with Crippen LogP contribution >= 0.6 is 0 Å². The summed E-state index contributed by atoms with van der Waals surface area (Å²) in [6.45, 7) is 3.53. The molecule has 8 nitrogen and oxygen atoms in total. The molecule has 0 amide bonds. The summed E-state index contributed by atoms with van der Waals surface area (Å²) in [7, 11) is 0. The Hall–Kier alpha value is -2.72. The van der Waals surface area contributed by atoms with Gasteiger partial charge in [-0.15, -0.1) is 15.3 Å². The summed E-state index contributed by atoms with van der Waals surface area (Å²) in [6, 6.07) is 2.56. The molecule has 3 rings (SSSR count). The minimum absolute atomic E-state index is 0.00586. The molecule has 3 heterocycles. The number of fused-ring (bicyclic) bond motifs is 1. The second-order valence-electron chi connectivity index (χ2n) is 4.79. The Labute approximate surface area is 127 Å². The number of nitrogens with one attached hydrogen (secondary N) is 1. The first-order valence-electron chi connectivity index (χ1n) is 6.75. The van der Waals surface area contributed by atoms with E-state index in [-0.39, 0.29) is 17.5 Å². The summed E-state index contributed by atoms with van der Waals surface area (Å²) in [6.07, 6.45) is -4.05. The third kappa shape index (κ3) is 2.94. The van der Waals surface area contributed by atoms with Crippen molar-refractivity contribution in [2.45, 2.75) is 32.5 Å². The molecule has 1 unspecified atom stereocenters. The number of hydrogen-bond donors (Lipinski definition) is 1. The van der Waals surface area contributed by atoms with Gasteiger partial charge in [-0.3, -0.25) is 0 Å². The third-order valence-corrected chi connectivity index (χ3v) is 3.10. The number of hydrogen-bond acceptors (Lipinski definition) is 7. The Balaban J connectivity index is 1.93. The predicted octanol–water partition coefficient (Wildman–Crippen LogP) is 2.40. The standard InChI is InChI=1S/C12H12F3N7O/c1-3-7(10-16-6(2)23-21-10)17-8-4-5-9-18-19-11(12(13,14)15)22(9)20-8/h4-5,7H,3H2,1-2H3,(H,17,20). The molecule has 1 N–H and O–H groups in total. The lowest BCUT2D eigenvalue weighted by atomic mass is 10.2. The van der Waals surface area contributed by atoms with E-state index in [1.54, 1.807) is 6.92 Å². The van der Waals surface area contributed by atoms with Gasteiger partial charge >= 0.3 is 6.18 Å². The Bertz CT molecular complexity index is 826. The van der Waals surface area contributed by atoms with Crippen molar-refractivity contribution in [3.63, 3.8) is 0 Å². The molecule has 0 saturated carbocycles. The van der Waals surface area contributed by atoms with Crippen LogP contribution in [0, 0.1) is 6.92 Å². The molecule has 23 heavy (non-hydrogen) atoms. The van der Waals surface area contributed by atoms with Crippen LogP contribution in [0.4, 0.5) is 19.0 Å². The lowest BCUT2D eigenvalue weighted by Crippen LogP contribution is -2.16. The highest BCUT2D eigenvalue weighted by Gasteiger charge is 2.37. The zero-order chi connectivity index (χ0) is 16.6. The Morgan fingerprint density at radius 1 is 1.30 bits per heavy atom. The van der Waals surface area contributed by atoms with Gasteiger partial charge in [-0.05, 0) is 18.6 Å². The number of nitrogens with zero attached hydrogens (tertiary/aromatic N) is 6. The second kappa shape index (κ2) is 5.48. The number of halogens is 3. The molecule has 0 aliphatic heterocycles. The van der Waals surface area contributed by atoms with Gasteiger partial charge in [0.15, 0.2) is 11.5 Å². The van der Waals surface area contributed by atoms with Crippen LogP contribution in [0.25, 0.3) is 5.65 Å². The number of rotatable bonds is 4. The van der Waals surface area contributed by atoms with E-state index in [0.29, 0.717) is 22.7 Å². The summed E-state index contributed by atoms with van der Waals surface area (Å²) < 4.78 is 44.1. The van der Waals surface area contributed by atoms with Gasteiger partial charge in [0.05, 0.1) is 6.04 Å². The molecule has 122 valence electrons. The van der Waals surface area contributed by atoms with Crippen LogP contribution in [0.15, 0.2) is 16.7 Å². The highest BCUT2D eigenvalue weighted by Crippen LogP contribution is 2.28. The average molecular weight is 327 g/mol. The fraction of sp³-hybridized carbons (Fsp3) is 0.417. The molecule has 0 aromatic carbocycles. The molecule has 0 saturated heterocycles. The van der Waals surface area contributed by atoms with Crippen molar-refractivity contribution in [1.82, 2.24) is 30.0 Å². The molecule has 0 aliphatic rings. The fourth-order valence-corrected chi connectivity index (χ4v) is 2.03. The predicted molar refractivity (Wildman–Crippen MR) is 71.5 cm³/mol. The van der Waals surface area contributed by atoms with Crippen LogP contribution in [0.5, 0.6) is 0 Å². The van der Waals surface area contributed by atoms with Crippen LogP contribution in [-0.2, 0) is 6.18 Å². The smallest absolute Gasteiger partial charge is 0.358 e. The van der Waals surface area contributed by atoms with Crippen molar-refractivity contribution in [1.29, 1.82) is 0 Å². The monoisotopic (exact) mass is 327 g/mol. The van der Waals surface area contributed by atoms with E-state index in [4.69, 9.17) is 4.52 Å². The highest BCUT2D eigenvalue weighted by molar-refractivity contribution is 5.45. The van der Waals surface area contributed by atoms with Crippen molar-refractivity contribution in [3.05, 3.63) is 29.7 Å². The van der Waals surface area contributed by atoms with E-state index in [1.807, 2.05) is 6.92 Å². The van der Waals surface area contributed by atoms with E-state index in [2.05, 4.69) is 30.8 Å². The first-order chi connectivity index (χ1) is 10.9.